The zero-order valence-electron chi connectivity index (χ0n) is 19.4. The van der Waals surface area contributed by atoms with Crippen molar-refractivity contribution < 1.29 is 33.6 Å². The van der Waals surface area contributed by atoms with Crippen LogP contribution in [-0.2, 0) is 16.1 Å². The summed E-state index contributed by atoms with van der Waals surface area (Å²) in [5, 5.41) is 11.1. The van der Waals surface area contributed by atoms with Crippen LogP contribution in [0, 0.1) is 0 Å². The second-order valence-electron chi connectivity index (χ2n) is 7.46. The second kappa shape index (κ2) is 11.9. The van der Waals surface area contributed by atoms with Gasteiger partial charge in [-0.3, -0.25) is 9.59 Å². The van der Waals surface area contributed by atoms with Gasteiger partial charge in [0.1, 0.15) is 12.4 Å². The number of aliphatic hydroxyl groups excluding tert-OH is 1. The molecule has 0 amide bonds. The highest BCUT2D eigenvalue weighted by atomic mass is 16.6. The van der Waals surface area contributed by atoms with Crippen molar-refractivity contribution in [2.45, 2.75) is 32.2 Å². The zero-order chi connectivity index (χ0) is 24.5. The Morgan fingerprint density at radius 2 is 1.53 bits per heavy atom. The third-order valence-corrected chi connectivity index (χ3v) is 5.23. The lowest BCUT2D eigenvalue weighted by atomic mass is 9.96. The van der Waals surface area contributed by atoms with Crippen LogP contribution in [0.15, 0.2) is 72.8 Å². The van der Waals surface area contributed by atoms with Crippen molar-refractivity contribution in [1.82, 2.24) is 0 Å². The first kappa shape index (κ1) is 24.8. The number of para-hydroxylation sites is 1. The molecule has 0 saturated carbocycles. The maximum absolute atomic E-state index is 13.4. The summed E-state index contributed by atoms with van der Waals surface area (Å²) in [6.07, 6.45) is -2.83. The van der Waals surface area contributed by atoms with E-state index in [0.717, 1.165) is 5.56 Å². The second-order valence-corrected chi connectivity index (χ2v) is 7.46. The molecule has 3 aromatic rings. The molecule has 2 atom stereocenters. The Hall–Kier alpha value is -3.84. The van der Waals surface area contributed by atoms with E-state index >= 15 is 0 Å². The van der Waals surface area contributed by atoms with Crippen molar-refractivity contribution >= 4 is 11.8 Å². The van der Waals surface area contributed by atoms with E-state index in [9.17, 15) is 14.7 Å². The number of methoxy groups -OCH3 is 2. The van der Waals surface area contributed by atoms with Gasteiger partial charge < -0.3 is 24.1 Å². The van der Waals surface area contributed by atoms with Crippen molar-refractivity contribution in [3.05, 3.63) is 89.5 Å². The van der Waals surface area contributed by atoms with Crippen LogP contribution in [0.3, 0.4) is 0 Å². The Morgan fingerprint density at radius 1 is 0.853 bits per heavy atom. The Labute approximate surface area is 198 Å². The third-order valence-electron chi connectivity index (χ3n) is 5.23. The largest absolute Gasteiger partial charge is 0.493 e. The minimum atomic E-state index is -1.67. The van der Waals surface area contributed by atoms with Crippen molar-refractivity contribution in [2.75, 3.05) is 14.2 Å². The predicted octanol–water partition coefficient (Wildman–Crippen LogP) is 4.52. The van der Waals surface area contributed by atoms with E-state index in [-0.39, 0.29) is 18.6 Å². The predicted molar refractivity (Wildman–Crippen MR) is 126 cm³/mol. The smallest absolute Gasteiger partial charge is 0.306 e. The summed E-state index contributed by atoms with van der Waals surface area (Å²) in [5.41, 5.74) is 1.51. The summed E-state index contributed by atoms with van der Waals surface area (Å²) in [6.45, 7) is 1.89. The van der Waals surface area contributed by atoms with Gasteiger partial charge in [-0.05, 0) is 35.4 Å². The Bertz CT molecular complexity index is 1110. The number of rotatable bonds is 11. The fraction of sp³-hybridized carbons (Fsp3) is 0.259. The van der Waals surface area contributed by atoms with E-state index in [1.165, 1.54) is 14.2 Å². The molecular weight excluding hydrogens is 436 g/mol. The highest BCUT2D eigenvalue weighted by molar-refractivity contribution is 6.02. The average Bonchev–Trinajstić information content (AvgIpc) is 2.89. The molecule has 0 fully saturated rings. The molecule has 7 nitrogen and oxygen atoms in total. The van der Waals surface area contributed by atoms with Gasteiger partial charge in [-0.2, -0.15) is 0 Å². The number of esters is 1. The van der Waals surface area contributed by atoms with Crippen LogP contribution in [0.25, 0.3) is 0 Å². The number of ether oxygens (including phenoxy) is 4. The number of carbonyl (C=O) groups excluding carboxylic acids is 2. The molecule has 2 unspecified atom stereocenters. The van der Waals surface area contributed by atoms with Crippen LogP contribution in [0.2, 0.25) is 0 Å². The minimum absolute atomic E-state index is 0.0848. The average molecular weight is 465 g/mol. The van der Waals surface area contributed by atoms with Gasteiger partial charge in [0.25, 0.3) is 0 Å². The number of hydrogen-bond acceptors (Lipinski definition) is 7. The molecule has 0 saturated heterocycles. The lowest BCUT2D eigenvalue weighted by Gasteiger charge is -2.24. The summed E-state index contributed by atoms with van der Waals surface area (Å²) < 4.78 is 21.9. The van der Waals surface area contributed by atoms with Crippen molar-refractivity contribution in [3.63, 3.8) is 0 Å². The van der Waals surface area contributed by atoms with Gasteiger partial charge >= 0.3 is 5.97 Å². The maximum atomic E-state index is 13.4. The van der Waals surface area contributed by atoms with E-state index < -0.39 is 24.0 Å². The van der Waals surface area contributed by atoms with Gasteiger partial charge in [0.2, 0.25) is 0 Å². The lowest BCUT2D eigenvalue weighted by Crippen LogP contribution is -2.31. The van der Waals surface area contributed by atoms with Crippen LogP contribution in [0.4, 0.5) is 0 Å². The van der Waals surface area contributed by atoms with Gasteiger partial charge in [-0.1, -0.05) is 55.5 Å². The Balaban J connectivity index is 1.90. The van der Waals surface area contributed by atoms with Crippen molar-refractivity contribution in [1.29, 1.82) is 0 Å². The van der Waals surface area contributed by atoms with E-state index in [4.69, 9.17) is 18.9 Å². The van der Waals surface area contributed by atoms with E-state index in [2.05, 4.69) is 0 Å². The van der Waals surface area contributed by atoms with Gasteiger partial charge in [-0.15, -0.1) is 0 Å². The molecule has 0 spiro atoms. The van der Waals surface area contributed by atoms with Gasteiger partial charge in [0, 0.05) is 6.42 Å². The Kier molecular flexibility index (Phi) is 8.65. The summed E-state index contributed by atoms with van der Waals surface area (Å²) in [7, 11) is 2.97. The zero-order valence-corrected chi connectivity index (χ0v) is 19.4. The molecule has 1 N–H and O–H groups in total. The number of ketones is 1. The lowest BCUT2D eigenvalue weighted by molar-refractivity contribution is -0.153. The molecular formula is C27H28O7. The quantitative estimate of drug-likeness (QED) is 0.329. The summed E-state index contributed by atoms with van der Waals surface area (Å²) in [5.74, 6) is -0.0213. The first-order valence-electron chi connectivity index (χ1n) is 10.9. The molecule has 178 valence electrons. The molecule has 7 heteroatoms. The van der Waals surface area contributed by atoms with Gasteiger partial charge in [0.15, 0.2) is 29.5 Å². The first-order valence-corrected chi connectivity index (χ1v) is 10.9. The number of Topliss-reactive ketones (excluding diaryl/α,β-unsaturated/α-hetero) is 1. The van der Waals surface area contributed by atoms with E-state index in [1.54, 1.807) is 49.4 Å². The molecule has 34 heavy (non-hydrogen) atoms. The van der Waals surface area contributed by atoms with Crippen molar-refractivity contribution in [3.8, 4) is 17.2 Å². The van der Waals surface area contributed by atoms with Crippen molar-refractivity contribution in [2.24, 2.45) is 0 Å². The maximum Gasteiger partial charge on any atom is 0.306 e. The number of aliphatic hydroxyl groups is 1. The fourth-order valence-corrected chi connectivity index (χ4v) is 3.40. The molecule has 0 aliphatic carbocycles. The Morgan fingerprint density at radius 3 is 2.21 bits per heavy atom. The molecule has 0 heterocycles. The monoisotopic (exact) mass is 464 g/mol. The molecule has 0 aliphatic heterocycles. The third kappa shape index (κ3) is 5.94. The molecule has 3 rings (SSSR count). The van der Waals surface area contributed by atoms with E-state index in [1.807, 2.05) is 30.3 Å². The van der Waals surface area contributed by atoms with Crippen LogP contribution >= 0.6 is 0 Å². The molecule has 0 aromatic heterocycles. The number of benzene rings is 3. The number of hydrogen-bond donors (Lipinski definition) is 1. The highest BCUT2D eigenvalue weighted by Gasteiger charge is 2.33. The van der Waals surface area contributed by atoms with Crippen LogP contribution < -0.4 is 14.2 Å². The van der Waals surface area contributed by atoms with Crippen LogP contribution in [0.1, 0.15) is 40.9 Å². The van der Waals surface area contributed by atoms with Crippen LogP contribution in [-0.4, -0.2) is 37.2 Å². The highest BCUT2D eigenvalue weighted by Crippen LogP contribution is 2.34. The van der Waals surface area contributed by atoms with Crippen LogP contribution in [0.5, 0.6) is 17.2 Å². The summed E-state index contributed by atoms with van der Waals surface area (Å²) >= 11 is 0. The first-order chi connectivity index (χ1) is 16.5. The van der Waals surface area contributed by atoms with Gasteiger partial charge in [-0.25, -0.2) is 0 Å². The summed E-state index contributed by atoms with van der Waals surface area (Å²) in [6, 6.07) is 21.0. The molecule has 0 radical (unpaired) electrons. The standard InChI is InChI=1S/C27H28O7/c1-4-24(28)34-27(19-14-15-22(31-2)23(16-19)32-3)26(30)25(29)20-12-8-9-13-21(20)33-17-18-10-6-5-7-11-18/h5-16,26-27,30H,4,17H2,1-3H3. The normalized spacial score (nSPS) is 12.4. The fourth-order valence-electron chi connectivity index (χ4n) is 3.40. The molecule has 0 aliphatic rings. The summed E-state index contributed by atoms with van der Waals surface area (Å²) in [4.78, 5) is 25.5. The number of carbonyl (C=O) groups is 2. The topological polar surface area (TPSA) is 91.3 Å². The minimum Gasteiger partial charge on any atom is -0.493 e. The SMILES string of the molecule is CCC(=O)OC(c1ccc(OC)c(OC)c1)C(O)C(=O)c1ccccc1OCc1ccccc1. The van der Waals surface area contributed by atoms with E-state index in [0.29, 0.717) is 22.8 Å². The molecule has 0 bridgehead atoms. The molecule has 3 aromatic carbocycles. The van der Waals surface area contributed by atoms with Gasteiger partial charge in [0.05, 0.1) is 19.8 Å².